The SMILES string of the molecule is CC1=C2C(=C(C)CC(OC(=O)O)C2OC(=O)O)C2OC(=O)OC(=O)OC2C1. The Kier molecular flexibility index (Phi) is 4.68. The van der Waals surface area contributed by atoms with Crippen LogP contribution in [-0.4, -0.2) is 59.3 Å². The van der Waals surface area contributed by atoms with Crippen LogP contribution in [0.4, 0.5) is 19.2 Å². The first-order valence-corrected chi connectivity index (χ1v) is 7.95. The van der Waals surface area contributed by atoms with Gasteiger partial charge in [-0.3, -0.25) is 0 Å². The van der Waals surface area contributed by atoms with Gasteiger partial charge in [-0.05, 0) is 13.8 Å². The van der Waals surface area contributed by atoms with Crippen molar-refractivity contribution in [1.82, 2.24) is 0 Å². The lowest BCUT2D eigenvalue weighted by molar-refractivity contribution is -0.0346. The van der Waals surface area contributed by atoms with Crippen LogP contribution in [0, 0.1) is 0 Å². The molecule has 0 aromatic carbocycles. The van der Waals surface area contributed by atoms with E-state index < -0.39 is 49.0 Å². The van der Waals surface area contributed by atoms with Crippen LogP contribution < -0.4 is 0 Å². The lowest BCUT2D eigenvalue weighted by Gasteiger charge is -2.41. The van der Waals surface area contributed by atoms with E-state index in [4.69, 9.17) is 29.2 Å². The molecule has 3 aliphatic rings. The summed E-state index contributed by atoms with van der Waals surface area (Å²) in [6.45, 7) is 3.31. The first-order chi connectivity index (χ1) is 12.7. The number of ether oxygens (including phenoxy) is 5. The molecule has 1 fully saturated rings. The van der Waals surface area contributed by atoms with Crippen molar-refractivity contribution < 1.29 is 53.1 Å². The Balaban J connectivity index is 2.09. The normalized spacial score (nSPS) is 30.1. The van der Waals surface area contributed by atoms with Gasteiger partial charge in [-0.25, -0.2) is 19.2 Å². The molecule has 0 aromatic heterocycles. The molecule has 0 bridgehead atoms. The van der Waals surface area contributed by atoms with Crippen molar-refractivity contribution >= 4 is 24.6 Å². The molecule has 4 atom stereocenters. The standard InChI is InChI=1S/C16H16O11/c1-5-3-7(23-13(17)18)11(25-14(19)20)9-6(2)4-8-12(10(5)9)26-16(22)27-15(21)24-8/h7-8,11-12H,3-4H2,1-2H3,(H,17,18)(H,19,20). The Bertz CT molecular complexity index is 777. The fourth-order valence-electron chi connectivity index (χ4n) is 3.72. The van der Waals surface area contributed by atoms with Crippen molar-refractivity contribution in [2.75, 3.05) is 0 Å². The molecule has 2 aliphatic carbocycles. The van der Waals surface area contributed by atoms with E-state index in [0.29, 0.717) is 22.3 Å². The highest BCUT2D eigenvalue weighted by atomic mass is 16.8. The van der Waals surface area contributed by atoms with E-state index in [9.17, 15) is 19.2 Å². The topological polar surface area (TPSA) is 155 Å². The van der Waals surface area contributed by atoms with E-state index in [1.165, 1.54) is 0 Å². The summed E-state index contributed by atoms with van der Waals surface area (Å²) in [5.74, 6) is 0. The van der Waals surface area contributed by atoms with Gasteiger partial charge in [-0.2, -0.15) is 0 Å². The highest BCUT2D eigenvalue weighted by Crippen LogP contribution is 2.44. The molecule has 0 spiro atoms. The molecular formula is C16H16O11. The first kappa shape index (κ1) is 18.5. The second kappa shape index (κ2) is 6.82. The lowest BCUT2D eigenvalue weighted by atomic mass is 9.73. The summed E-state index contributed by atoms with van der Waals surface area (Å²) >= 11 is 0. The summed E-state index contributed by atoms with van der Waals surface area (Å²) in [5, 5.41) is 18.0. The number of carboxylic acid groups (broad SMARTS) is 2. The molecule has 11 nitrogen and oxygen atoms in total. The number of carbonyl (C=O) groups excluding carboxylic acids is 2. The van der Waals surface area contributed by atoms with E-state index in [-0.39, 0.29) is 12.8 Å². The van der Waals surface area contributed by atoms with E-state index in [2.05, 4.69) is 4.74 Å². The van der Waals surface area contributed by atoms with E-state index >= 15 is 0 Å². The van der Waals surface area contributed by atoms with Crippen LogP contribution in [0.1, 0.15) is 26.7 Å². The highest BCUT2D eigenvalue weighted by molar-refractivity contribution is 5.78. The summed E-state index contributed by atoms with van der Waals surface area (Å²) in [6, 6.07) is 0. The van der Waals surface area contributed by atoms with Crippen molar-refractivity contribution in [3.63, 3.8) is 0 Å². The molecule has 1 saturated heterocycles. The van der Waals surface area contributed by atoms with Crippen LogP contribution in [0.25, 0.3) is 0 Å². The molecule has 3 rings (SSSR count). The maximum Gasteiger partial charge on any atom is 0.519 e. The number of cyclic esters (lactones) is 2. The van der Waals surface area contributed by atoms with Crippen molar-refractivity contribution in [3.8, 4) is 0 Å². The Morgan fingerprint density at radius 3 is 2.15 bits per heavy atom. The third-order valence-corrected chi connectivity index (χ3v) is 4.59. The molecule has 1 aliphatic heterocycles. The molecule has 4 unspecified atom stereocenters. The van der Waals surface area contributed by atoms with Gasteiger partial charge in [0.1, 0.15) is 0 Å². The number of rotatable bonds is 2. The molecule has 146 valence electrons. The van der Waals surface area contributed by atoms with Crippen molar-refractivity contribution in [3.05, 3.63) is 22.3 Å². The predicted molar refractivity (Wildman–Crippen MR) is 82.1 cm³/mol. The van der Waals surface area contributed by atoms with Gasteiger partial charge in [-0.1, -0.05) is 11.1 Å². The third kappa shape index (κ3) is 3.52. The largest absolute Gasteiger partial charge is 0.519 e. The maximum absolute atomic E-state index is 11.7. The van der Waals surface area contributed by atoms with Gasteiger partial charge < -0.3 is 33.9 Å². The van der Waals surface area contributed by atoms with Gasteiger partial charge in [0.05, 0.1) is 0 Å². The third-order valence-electron chi connectivity index (χ3n) is 4.59. The van der Waals surface area contributed by atoms with Gasteiger partial charge in [-0.15, -0.1) is 0 Å². The fraction of sp³-hybridized carbons (Fsp3) is 0.500. The molecule has 0 amide bonds. The Hall–Kier alpha value is -3.24. The second-order valence-electron chi connectivity index (χ2n) is 6.32. The van der Waals surface area contributed by atoms with E-state index in [0.717, 1.165) is 0 Å². The Morgan fingerprint density at radius 1 is 0.926 bits per heavy atom. The van der Waals surface area contributed by atoms with Crippen LogP contribution in [0.5, 0.6) is 0 Å². The number of hydrogen-bond acceptors (Lipinski definition) is 9. The minimum Gasteiger partial charge on any atom is -0.450 e. The minimum absolute atomic E-state index is 0.00589. The fourth-order valence-corrected chi connectivity index (χ4v) is 3.72. The molecule has 0 aromatic rings. The van der Waals surface area contributed by atoms with Gasteiger partial charge in [0.25, 0.3) is 0 Å². The average Bonchev–Trinajstić information content (AvgIpc) is 2.66. The van der Waals surface area contributed by atoms with Gasteiger partial charge in [0, 0.05) is 24.0 Å². The van der Waals surface area contributed by atoms with Crippen molar-refractivity contribution in [1.29, 1.82) is 0 Å². The van der Waals surface area contributed by atoms with Gasteiger partial charge in [0.2, 0.25) is 0 Å². The summed E-state index contributed by atoms with van der Waals surface area (Å²) in [5.41, 5.74) is 1.92. The smallest absolute Gasteiger partial charge is 0.450 e. The second-order valence-corrected chi connectivity index (χ2v) is 6.32. The molecule has 27 heavy (non-hydrogen) atoms. The first-order valence-electron chi connectivity index (χ1n) is 7.95. The molecular weight excluding hydrogens is 368 g/mol. The zero-order valence-electron chi connectivity index (χ0n) is 14.3. The van der Waals surface area contributed by atoms with E-state index in [1.807, 2.05) is 0 Å². The zero-order chi connectivity index (χ0) is 19.9. The zero-order valence-corrected chi connectivity index (χ0v) is 14.3. The highest BCUT2D eigenvalue weighted by Gasteiger charge is 2.49. The molecule has 0 saturated carbocycles. The average molecular weight is 384 g/mol. The summed E-state index contributed by atoms with van der Waals surface area (Å²) in [7, 11) is 0. The van der Waals surface area contributed by atoms with Crippen LogP contribution in [0.2, 0.25) is 0 Å². The molecule has 11 heteroatoms. The molecule has 1 heterocycles. The predicted octanol–water partition coefficient (Wildman–Crippen LogP) is 2.59. The van der Waals surface area contributed by atoms with Crippen molar-refractivity contribution in [2.24, 2.45) is 0 Å². The number of hydrogen-bond donors (Lipinski definition) is 2. The monoisotopic (exact) mass is 384 g/mol. The van der Waals surface area contributed by atoms with Crippen LogP contribution in [0.15, 0.2) is 22.3 Å². The molecule has 0 radical (unpaired) electrons. The van der Waals surface area contributed by atoms with Gasteiger partial charge in [0.15, 0.2) is 24.4 Å². The lowest BCUT2D eigenvalue weighted by Crippen LogP contribution is -2.47. The quantitative estimate of drug-likeness (QED) is 0.410. The van der Waals surface area contributed by atoms with Crippen LogP contribution in [0.3, 0.4) is 0 Å². The Labute approximate surface area is 152 Å². The number of fused-ring (bicyclic) bond motifs is 3. The van der Waals surface area contributed by atoms with Crippen LogP contribution >= 0.6 is 0 Å². The van der Waals surface area contributed by atoms with E-state index in [1.54, 1.807) is 13.8 Å². The van der Waals surface area contributed by atoms with Gasteiger partial charge >= 0.3 is 24.6 Å². The van der Waals surface area contributed by atoms with Crippen LogP contribution in [-0.2, 0) is 23.7 Å². The summed E-state index contributed by atoms with van der Waals surface area (Å²) in [4.78, 5) is 45.3. The number of carbonyl (C=O) groups is 4. The summed E-state index contributed by atoms with van der Waals surface area (Å²) < 4.78 is 24.3. The van der Waals surface area contributed by atoms with Crippen molar-refractivity contribution in [2.45, 2.75) is 51.1 Å². The Morgan fingerprint density at radius 2 is 1.52 bits per heavy atom. The summed E-state index contributed by atoms with van der Waals surface area (Å²) in [6.07, 6.45) is -9.77. The minimum atomic E-state index is -1.62. The maximum atomic E-state index is 11.7. The molecule has 2 N–H and O–H groups in total.